The lowest BCUT2D eigenvalue weighted by Gasteiger charge is -2.47. The van der Waals surface area contributed by atoms with Crippen molar-refractivity contribution >= 4 is 11.6 Å². The van der Waals surface area contributed by atoms with E-state index in [1.807, 2.05) is 0 Å². The van der Waals surface area contributed by atoms with E-state index in [4.69, 9.17) is 11.6 Å². The summed E-state index contributed by atoms with van der Waals surface area (Å²) < 4.78 is 0. The van der Waals surface area contributed by atoms with Gasteiger partial charge in [-0.2, -0.15) is 0 Å². The molecule has 1 saturated heterocycles. The van der Waals surface area contributed by atoms with Crippen LogP contribution in [0.5, 0.6) is 0 Å². The van der Waals surface area contributed by atoms with Gasteiger partial charge in [-0.25, -0.2) is 0 Å². The predicted octanol–water partition coefficient (Wildman–Crippen LogP) is 2.98. The zero-order chi connectivity index (χ0) is 12.5. The molecule has 98 valence electrons. The van der Waals surface area contributed by atoms with Crippen molar-refractivity contribution in [2.75, 3.05) is 19.6 Å². The fraction of sp³-hybridized carbons (Fsp3) is 0.857. The molecule has 1 unspecified atom stereocenters. The van der Waals surface area contributed by atoms with Crippen molar-refractivity contribution in [1.82, 2.24) is 10.2 Å². The molecule has 0 bridgehead atoms. The van der Waals surface area contributed by atoms with Crippen molar-refractivity contribution in [2.45, 2.75) is 51.1 Å². The molecule has 2 nitrogen and oxygen atoms in total. The molecule has 0 aromatic rings. The van der Waals surface area contributed by atoms with Gasteiger partial charge in [-0.05, 0) is 18.8 Å². The summed E-state index contributed by atoms with van der Waals surface area (Å²) in [4.78, 5) is 2.54. The highest BCUT2D eigenvalue weighted by Crippen LogP contribution is 2.34. The Morgan fingerprint density at radius 3 is 2.65 bits per heavy atom. The summed E-state index contributed by atoms with van der Waals surface area (Å²) in [5.74, 6) is 0.664. The lowest BCUT2D eigenvalue weighted by atomic mass is 9.89. The zero-order valence-electron chi connectivity index (χ0n) is 11.1. The van der Waals surface area contributed by atoms with Gasteiger partial charge in [0.1, 0.15) is 0 Å². The SMILES string of the molecule is C=C(Cl)CN1CC2(CCCC2)NCC1C(C)C. The maximum Gasteiger partial charge on any atom is 0.0340 e. The molecule has 1 aliphatic carbocycles. The first-order valence-electron chi connectivity index (χ1n) is 6.85. The summed E-state index contributed by atoms with van der Waals surface area (Å²) in [5, 5.41) is 4.58. The minimum absolute atomic E-state index is 0.373. The molecule has 1 spiro atoms. The van der Waals surface area contributed by atoms with Crippen LogP contribution >= 0.6 is 11.6 Å². The third kappa shape index (κ3) is 3.04. The van der Waals surface area contributed by atoms with Crippen molar-refractivity contribution in [3.8, 4) is 0 Å². The molecule has 1 saturated carbocycles. The molecule has 0 amide bonds. The van der Waals surface area contributed by atoms with E-state index >= 15 is 0 Å². The third-order valence-corrected chi connectivity index (χ3v) is 4.49. The van der Waals surface area contributed by atoms with Gasteiger partial charge in [-0.15, -0.1) is 0 Å². The van der Waals surface area contributed by atoms with Crippen LogP contribution < -0.4 is 5.32 Å². The molecule has 2 fully saturated rings. The van der Waals surface area contributed by atoms with Gasteiger partial charge < -0.3 is 5.32 Å². The van der Waals surface area contributed by atoms with E-state index in [1.54, 1.807) is 0 Å². The maximum atomic E-state index is 6.02. The third-order valence-electron chi connectivity index (χ3n) is 4.37. The summed E-state index contributed by atoms with van der Waals surface area (Å²) >= 11 is 6.02. The summed E-state index contributed by atoms with van der Waals surface area (Å²) in [7, 11) is 0. The first-order valence-corrected chi connectivity index (χ1v) is 7.23. The number of halogens is 1. The van der Waals surface area contributed by atoms with Crippen LogP contribution in [0.25, 0.3) is 0 Å². The maximum absolute atomic E-state index is 6.02. The van der Waals surface area contributed by atoms with Crippen LogP contribution in [0, 0.1) is 5.92 Å². The number of rotatable bonds is 3. The molecule has 0 aromatic heterocycles. The minimum atomic E-state index is 0.373. The highest BCUT2D eigenvalue weighted by Gasteiger charge is 2.41. The summed E-state index contributed by atoms with van der Waals surface area (Å²) in [6.45, 7) is 11.5. The van der Waals surface area contributed by atoms with Crippen LogP contribution in [0.1, 0.15) is 39.5 Å². The van der Waals surface area contributed by atoms with Gasteiger partial charge in [0, 0.05) is 36.2 Å². The molecule has 1 atom stereocenters. The number of nitrogens with one attached hydrogen (secondary N) is 1. The largest absolute Gasteiger partial charge is 0.308 e. The van der Waals surface area contributed by atoms with E-state index < -0.39 is 0 Å². The van der Waals surface area contributed by atoms with Crippen molar-refractivity contribution < 1.29 is 0 Å². The second kappa shape index (κ2) is 5.29. The fourth-order valence-electron chi connectivity index (χ4n) is 3.45. The number of nitrogens with zero attached hydrogens (tertiary/aromatic N) is 1. The molecule has 1 N–H and O–H groups in total. The van der Waals surface area contributed by atoms with Gasteiger partial charge >= 0.3 is 0 Å². The Labute approximate surface area is 110 Å². The average molecular weight is 257 g/mol. The quantitative estimate of drug-likeness (QED) is 0.835. The van der Waals surface area contributed by atoms with Gasteiger partial charge in [0.15, 0.2) is 0 Å². The van der Waals surface area contributed by atoms with Crippen LogP contribution in [0.2, 0.25) is 0 Å². The van der Waals surface area contributed by atoms with Crippen LogP contribution in [0.15, 0.2) is 11.6 Å². The molecule has 0 radical (unpaired) electrons. The monoisotopic (exact) mass is 256 g/mol. The molecule has 2 rings (SSSR count). The highest BCUT2D eigenvalue weighted by molar-refractivity contribution is 6.29. The molecule has 0 aromatic carbocycles. The lowest BCUT2D eigenvalue weighted by Crippen LogP contribution is -2.64. The molecular weight excluding hydrogens is 232 g/mol. The second-order valence-electron chi connectivity index (χ2n) is 6.10. The predicted molar refractivity (Wildman–Crippen MR) is 74.4 cm³/mol. The van der Waals surface area contributed by atoms with E-state index in [0.717, 1.165) is 24.7 Å². The van der Waals surface area contributed by atoms with Gasteiger partial charge in [-0.3, -0.25) is 4.90 Å². The van der Waals surface area contributed by atoms with Crippen molar-refractivity contribution in [2.24, 2.45) is 5.92 Å². The first kappa shape index (κ1) is 13.4. The molecule has 3 heteroatoms. The van der Waals surface area contributed by atoms with Gasteiger partial charge in [0.05, 0.1) is 0 Å². The first-order chi connectivity index (χ1) is 8.02. The van der Waals surface area contributed by atoms with E-state index in [2.05, 4.69) is 30.6 Å². The Morgan fingerprint density at radius 2 is 2.12 bits per heavy atom. The fourth-order valence-corrected chi connectivity index (χ4v) is 3.60. The van der Waals surface area contributed by atoms with Gasteiger partial charge in [0.2, 0.25) is 0 Å². The van der Waals surface area contributed by atoms with Gasteiger partial charge in [0.25, 0.3) is 0 Å². The topological polar surface area (TPSA) is 15.3 Å². The molecule has 1 heterocycles. The summed E-state index contributed by atoms with van der Waals surface area (Å²) in [6, 6.07) is 0.594. The van der Waals surface area contributed by atoms with Crippen LogP contribution in [-0.4, -0.2) is 36.1 Å². The Hall–Kier alpha value is -0.0500. The number of hydrogen-bond acceptors (Lipinski definition) is 2. The number of piperazine rings is 1. The van der Waals surface area contributed by atoms with Crippen LogP contribution in [-0.2, 0) is 0 Å². The summed E-state index contributed by atoms with van der Waals surface area (Å²) in [6.07, 6.45) is 5.39. The molecular formula is C14H25ClN2. The van der Waals surface area contributed by atoms with E-state index in [0.29, 0.717) is 17.5 Å². The molecule has 1 aliphatic heterocycles. The Kier molecular flexibility index (Phi) is 4.17. The van der Waals surface area contributed by atoms with E-state index in [-0.39, 0.29) is 0 Å². The Bertz CT molecular complexity index is 282. The highest BCUT2D eigenvalue weighted by atomic mass is 35.5. The zero-order valence-corrected chi connectivity index (χ0v) is 11.9. The lowest BCUT2D eigenvalue weighted by molar-refractivity contribution is 0.0665. The van der Waals surface area contributed by atoms with Crippen LogP contribution in [0.3, 0.4) is 0 Å². The van der Waals surface area contributed by atoms with E-state index in [1.165, 1.54) is 25.7 Å². The van der Waals surface area contributed by atoms with Gasteiger partial charge in [-0.1, -0.05) is 44.9 Å². The van der Waals surface area contributed by atoms with Crippen molar-refractivity contribution in [3.05, 3.63) is 11.6 Å². The molecule has 17 heavy (non-hydrogen) atoms. The van der Waals surface area contributed by atoms with E-state index in [9.17, 15) is 0 Å². The number of hydrogen-bond donors (Lipinski definition) is 1. The smallest absolute Gasteiger partial charge is 0.0340 e. The van der Waals surface area contributed by atoms with Crippen LogP contribution in [0.4, 0.5) is 0 Å². The second-order valence-corrected chi connectivity index (χ2v) is 6.64. The molecule has 2 aliphatic rings. The Balaban J connectivity index is 2.06. The van der Waals surface area contributed by atoms with Crippen molar-refractivity contribution in [3.63, 3.8) is 0 Å². The average Bonchev–Trinajstić information content (AvgIpc) is 2.65. The summed E-state index contributed by atoms with van der Waals surface area (Å²) in [5.41, 5.74) is 0.373. The minimum Gasteiger partial charge on any atom is -0.308 e. The normalized spacial score (nSPS) is 29.1. The standard InChI is InChI=1S/C14H25ClN2/c1-11(2)13-8-16-14(6-4-5-7-14)10-17(13)9-12(3)15/h11,13,16H,3-10H2,1-2H3. The van der Waals surface area contributed by atoms with Crippen molar-refractivity contribution in [1.29, 1.82) is 0 Å². The Morgan fingerprint density at radius 1 is 1.47 bits per heavy atom.